The highest BCUT2D eigenvalue weighted by atomic mass is 35.5. The maximum Gasteiger partial charge on any atom is 0.264 e. The van der Waals surface area contributed by atoms with Crippen molar-refractivity contribution in [2.45, 2.75) is 9.79 Å². The van der Waals surface area contributed by atoms with Gasteiger partial charge in [-0.1, -0.05) is 59.1 Å². The van der Waals surface area contributed by atoms with Crippen molar-refractivity contribution in [2.24, 2.45) is 0 Å². The second-order valence-corrected chi connectivity index (χ2v) is 13.2. The van der Waals surface area contributed by atoms with E-state index in [4.69, 9.17) is 39.5 Å². The lowest BCUT2D eigenvalue weighted by Crippen LogP contribution is -2.38. The molecule has 0 aliphatic heterocycles. The van der Waals surface area contributed by atoms with Crippen molar-refractivity contribution in [3.05, 3.63) is 106 Å². The molecule has 0 unspecified atom stereocenters. The van der Waals surface area contributed by atoms with Gasteiger partial charge < -0.3 is 10.1 Å². The molecule has 0 fully saturated rings. The Kier molecular flexibility index (Phi) is 9.35. The molecule has 4 aromatic carbocycles. The zero-order valence-corrected chi connectivity index (χ0v) is 25.1. The van der Waals surface area contributed by atoms with Crippen molar-refractivity contribution in [3.8, 4) is 5.75 Å². The molecule has 0 bridgehead atoms. The molecule has 0 aromatic heterocycles. The van der Waals surface area contributed by atoms with Crippen LogP contribution in [0.4, 0.5) is 17.1 Å². The number of benzene rings is 4. The van der Waals surface area contributed by atoms with Crippen LogP contribution >= 0.6 is 34.8 Å². The maximum atomic E-state index is 13.6. The number of nitrogens with one attached hydrogen (secondary N) is 2. The van der Waals surface area contributed by atoms with Crippen LogP contribution in [0.3, 0.4) is 0 Å². The molecular weight excluding hydrogens is 633 g/mol. The summed E-state index contributed by atoms with van der Waals surface area (Å²) < 4.78 is 61.5. The standard InChI is InChI=1S/C27H22Cl3N3O6S2/c1-39-25-15-10-18(28)16-24(25)33(41(37,38)21-6-3-2-4-7-21)17-26(34)31-19-11-13-20(14-12-19)40(35,36)32-23-9-5-8-22(29)27(23)30/h2-16,32H,17H2,1H3,(H,31,34). The average molecular weight is 655 g/mol. The molecule has 0 heterocycles. The van der Waals surface area contributed by atoms with E-state index in [0.717, 1.165) is 4.31 Å². The molecule has 2 N–H and O–H groups in total. The Morgan fingerprint density at radius 1 is 0.829 bits per heavy atom. The number of hydrogen-bond acceptors (Lipinski definition) is 6. The number of anilines is 3. The van der Waals surface area contributed by atoms with E-state index in [-0.39, 0.29) is 47.7 Å². The summed E-state index contributed by atoms with van der Waals surface area (Å²) in [6.07, 6.45) is 0. The lowest BCUT2D eigenvalue weighted by molar-refractivity contribution is -0.114. The van der Waals surface area contributed by atoms with Crippen LogP contribution in [0.2, 0.25) is 15.1 Å². The Bertz CT molecular complexity index is 1790. The van der Waals surface area contributed by atoms with Gasteiger partial charge in [-0.15, -0.1) is 0 Å². The van der Waals surface area contributed by atoms with Gasteiger partial charge in [-0.25, -0.2) is 16.8 Å². The molecule has 0 spiro atoms. The van der Waals surface area contributed by atoms with E-state index in [0.29, 0.717) is 0 Å². The molecule has 0 saturated heterocycles. The number of ether oxygens (including phenoxy) is 1. The summed E-state index contributed by atoms with van der Waals surface area (Å²) in [6, 6.07) is 21.8. The average Bonchev–Trinajstić information content (AvgIpc) is 2.95. The molecular formula is C27H22Cl3N3O6S2. The van der Waals surface area contributed by atoms with Crippen LogP contribution in [-0.4, -0.2) is 36.4 Å². The molecule has 14 heteroatoms. The van der Waals surface area contributed by atoms with Crippen molar-refractivity contribution >= 4 is 77.8 Å². The Labute approximate surface area is 252 Å². The van der Waals surface area contributed by atoms with E-state index < -0.39 is 32.5 Å². The molecule has 214 valence electrons. The molecule has 4 rings (SSSR count). The summed E-state index contributed by atoms with van der Waals surface area (Å²) in [7, 11) is -6.90. The number of halogens is 3. The smallest absolute Gasteiger partial charge is 0.264 e. The lowest BCUT2D eigenvalue weighted by Gasteiger charge is -2.26. The monoisotopic (exact) mass is 653 g/mol. The number of nitrogens with zero attached hydrogens (tertiary/aromatic N) is 1. The fraction of sp³-hybridized carbons (Fsp3) is 0.0741. The van der Waals surface area contributed by atoms with Gasteiger partial charge in [0.1, 0.15) is 12.3 Å². The van der Waals surface area contributed by atoms with E-state index >= 15 is 0 Å². The fourth-order valence-corrected chi connectivity index (χ4v) is 6.80. The molecule has 9 nitrogen and oxygen atoms in total. The predicted octanol–water partition coefficient (Wildman–Crippen LogP) is 6.29. The van der Waals surface area contributed by atoms with Crippen molar-refractivity contribution in [2.75, 3.05) is 28.0 Å². The summed E-state index contributed by atoms with van der Waals surface area (Å²) >= 11 is 18.2. The zero-order chi connectivity index (χ0) is 29.8. The van der Waals surface area contributed by atoms with Crippen molar-refractivity contribution < 1.29 is 26.4 Å². The third-order valence-electron chi connectivity index (χ3n) is 5.67. The summed E-state index contributed by atoms with van der Waals surface area (Å²) in [6.45, 7) is -0.636. The largest absolute Gasteiger partial charge is 0.495 e. The van der Waals surface area contributed by atoms with E-state index in [1.54, 1.807) is 24.3 Å². The van der Waals surface area contributed by atoms with Gasteiger partial charge in [0.15, 0.2) is 0 Å². The van der Waals surface area contributed by atoms with Gasteiger partial charge in [0, 0.05) is 10.7 Å². The molecule has 0 saturated carbocycles. The van der Waals surface area contributed by atoms with Crippen LogP contribution < -0.4 is 19.1 Å². The minimum Gasteiger partial charge on any atom is -0.495 e. The first-order chi connectivity index (χ1) is 19.4. The van der Waals surface area contributed by atoms with E-state index in [2.05, 4.69) is 10.0 Å². The summed E-state index contributed by atoms with van der Waals surface area (Å²) in [5.74, 6) is -0.519. The first kappa shape index (κ1) is 30.5. The third-order valence-corrected chi connectivity index (χ3v) is 9.88. The number of sulfonamides is 2. The number of carbonyl (C=O) groups excluding carboxylic acids is 1. The number of methoxy groups -OCH3 is 1. The normalized spacial score (nSPS) is 11.5. The SMILES string of the molecule is COc1ccc(Cl)cc1N(CC(=O)Nc1ccc(S(=O)(=O)Nc2cccc(Cl)c2Cl)cc1)S(=O)(=O)c1ccccc1. The van der Waals surface area contributed by atoms with E-state index in [9.17, 15) is 21.6 Å². The topological polar surface area (TPSA) is 122 Å². The second-order valence-electron chi connectivity index (χ2n) is 8.42. The van der Waals surface area contributed by atoms with Gasteiger partial charge in [0.05, 0.1) is 38.3 Å². The van der Waals surface area contributed by atoms with E-state index in [1.807, 2.05) is 0 Å². The first-order valence-electron chi connectivity index (χ1n) is 11.7. The minimum absolute atomic E-state index is 0.0447. The Morgan fingerprint density at radius 3 is 2.17 bits per heavy atom. The van der Waals surface area contributed by atoms with Crippen LogP contribution in [0.15, 0.2) is 101 Å². The Morgan fingerprint density at radius 2 is 1.51 bits per heavy atom. The van der Waals surface area contributed by atoms with Gasteiger partial charge in [0.2, 0.25) is 5.91 Å². The molecule has 0 aliphatic carbocycles. The van der Waals surface area contributed by atoms with Crippen LogP contribution in [-0.2, 0) is 24.8 Å². The maximum absolute atomic E-state index is 13.6. The second kappa shape index (κ2) is 12.6. The first-order valence-corrected chi connectivity index (χ1v) is 15.8. The van der Waals surface area contributed by atoms with E-state index in [1.165, 1.54) is 73.8 Å². The summed E-state index contributed by atoms with van der Waals surface area (Å²) in [4.78, 5) is 12.9. The van der Waals surface area contributed by atoms with Gasteiger partial charge in [-0.05, 0) is 66.7 Å². The van der Waals surface area contributed by atoms with Crippen LogP contribution in [0, 0.1) is 0 Å². The number of hydrogen-bond donors (Lipinski definition) is 2. The molecule has 0 atom stereocenters. The molecule has 0 radical (unpaired) electrons. The summed E-state index contributed by atoms with van der Waals surface area (Å²) in [5.41, 5.74) is 0.392. The number of rotatable bonds is 10. The number of amides is 1. The van der Waals surface area contributed by atoms with Gasteiger partial charge >= 0.3 is 0 Å². The quantitative estimate of drug-likeness (QED) is 0.207. The highest BCUT2D eigenvalue weighted by Crippen LogP contribution is 2.35. The zero-order valence-electron chi connectivity index (χ0n) is 21.2. The third kappa shape index (κ3) is 7.06. The Hall–Kier alpha value is -3.48. The van der Waals surface area contributed by atoms with Crippen molar-refractivity contribution in [3.63, 3.8) is 0 Å². The fourth-order valence-electron chi connectivity index (χ4n) is 3.71. The van der Waals surface area contributed by atoms with Gasteiger partial charge in [-0.2, -0.15) is 0 Å². The lowest BCUT2D eigenvalue weighted by atomic mass is 10.3. The number of carbonyl (C=O) groups is 1. The Balaban J connectivity index is 1.58. The molecule has 1 amide bonds. The van der Waals surface area contributed by atoms with Crippen molar-refractivity contribution in [1.82, 2.24) is 0 Å². The van der Waals surface area contributed by atoms with Crippen LogP contribution in [0.5, 0.6) is 5.75 Å². The van der Waals surface area contributed by atoms with Crippen LogP contribution in [0.1, 0.15) is 0 Å². The van der Waals surface area contributed by atoms with Gasteiger partial charge in [-0.3, -0.25) is 13.8 Å². The van der Waals surface area contributed by atoms with Crippen LogP contribution in [0.25, 0.3) is 0 Å². The predicted molar refractivity (Wildman–Crippen MR) is 161 cm³/mol. The molecule has 41 heavy (non-hydrogen) atoms. The minimum atomic E-state index is -4.23. The molecule has 0 aliphatic rings. The summed E-state index contributed by atoms with van der Waals surface area (Å²) in [5, 5.41) is 3.06. The highest BCUT2D eigenvalue weighted by molar-refractivity contribution is 7.93. The highest BCUT2D eigenvalue weighted by Gasteiger charge is 2.30. The van der Waals surface area contributed by atoms with Gasteiger partial charge in [0.25, 0.3) is 20.0 Å². The van der Waals surface area contributed by atoms with Crippen molar-refractivity contribution in [1.29, 1.82) is 0 Å². The molecule has 4 aromatic rings.